The minimum atomic E-state index is 0.604. The molecule has 0 fully saturated rings. The molecule has 0 aliphatic rings. The number of hydrogen-bond donors (Lipinski definition) is 1. The van der Waals surface area contributed by atoms with Crippen molar-refractivity contribution in [3.8, 4) is 17.5 Å². The summed E-state index contributed by atoms with van der Waals surface area (Å²) < 4.78 is 0. The number of nitrogens with one attached hydrogen (secondary N) is 1. The molecule has 0 saturated heterocycles. The zero-order valence-corrected chi connectivity index (χ0v) is 14.0. The second-order valence-electron chi connectivity index (χ2n) is 5.12. The summed E-state index contributed by atoms with van der Waals surface area (Å²) in [6, 6.07) is 9.36. The molecule has 3 nitrogen and oxygen atoms in total. The number of rotatable bonds is 7. The van der Waals surface area contributed by atoms with Crippen LogP contribution in [0.15, 0.2) is 87.0 Å². The van der Waals surface area contributed by atoms with Crippen molar-refractivity contribution in [1.29, 1.82) is 5.26 Å². The Morgan fingerprint density at radius 3 is 2.08 bits per heavy atom. The van der Waals surface area contributed by atoms with Crippen molar-refractivity contribution in [2.75, 3.05) is 0 Å². The Kier molecular flexibility index (Phi) is 5.86. The van der Waals surface area contributed by atoms with Crippen molar-refractivity contribution < 1.29 is 0 Å². The van der Waals surface area contributed by atoms with E-state index in [2.05, 4.69) is 37.4 Å². The molecule has 0 bridgehead atoms. The normalized spacial score (nSPS) is 11.5. The van der Waals surface area contributed by atoms with Crippen molar-refractivity contribution in [2.24, 2.45) is 0 Å². The monoisotopic (exact) mass is 325 g/mol. The number of nitriles is 1. The number of hydrogen-bond acceptors (Lipinski definition) is 2. The molecule has 0 spiro atoms. The molecule has 25 heavy (non-hydrogen) atoms. The van der Waals surface area contributed by atoms with E-state index in [1.807, 2.05) is 24.3 Å². The lowest BCUT2D eigenvalue weighted by atomic mass is 10.0. The second kappa shape index (κ2) is 8.28. The van der Waals surface area contributed by atoms with Crippen LogP contribution in [0, 0.1) is 11.3 Å². The lowest BCUT2D eigenvalue weighted by Crippen LogP contribution is -1.89. The highest BCUT2D eigenvalue weighted by molar-refractivity contribution is 5.85. The molecule has 0 unspecified atom stereocenters. The van der Waals surface area contributed by atoms with Gasteiger partial charge in [-0.15, -0.1) is 0 Å². The lowest BCUT2D eigenvalue weighted by molar-refractivity contribution is 1.29. The Bertz CT molecular complexity index is 866. The van der Waals surface area contributed by atoms with Gasteiger partial charge in [0, 0.05) is 11.1 Å². The third-order valence-corrected chi connectivity index (χ3v) is 3.59. The van der Waals surface area contributed by atoms with E-state index in [1.54, 1.807) is 36.4 Å². The minimum Gasteiger partial charge on any atom is -0.337 e. The average molecular weight is 325 g/mol. The van der Waals surface area contributed by atoms with Gasteiger partial charge in [-0.25, -0.2) is 4.98 Å². The fourth-order valence-electron chi connectivity index (χ4n) is 2.38. The van der Waals surface area contributed by atoms with E-state index in [0.29, 0.717) is 11.4 Å². The smallest absolute Gasteiger partial charge is 0.138 e. The van der Waals surface area contributed by atoms with E-state index >= 15 is 0 Å². The van der Waals surface area contributed by atoms with Gasteiger partial charge in [-0.2, -0.15) is 5.26 Å². The van der Waals surface area contributed by atoms with E-state index in [4.69, 9.17) is 10.2 Å². The number of H-pyrrole nitrogens is 1. The highest BCUT2D eigenvalue weighted by Crippen LogP contribution is 2.29. The number of aromatic amines is 1. The molecule has 2 rings (SSSR count). The standard InChI is InChI=1S/C22H19N3/c1-5-9-17(7-3)20-21(18(8-4)10-6-2)25-22(24-20)19-13-11-16(15-23)12-14-19/h5-14H,1-4H2,(H,24,25)/b17-9+,18-10+. The zero-order valence-electron chi connectivity index (χ0n) is 14.0. The van der Waals surface area contributed by atoms with Crippen molar-refractivity contribution >= 4 is 11.1 Å². The average Bonchev–Trinajstić information content (AvgIpc) is 3.09. The molecule has 1 heterocycles. The zero-order chi connectivity index (χ0) is 18.2. The van der Waals surface area contributed by atoms with Crippen LogP contribution in [0.25, 0.3) is 22.5 Å². The Hall–Kier alpha value is -3.64. The van der Waals surface area contributed by atoms with E-state index in [-0.39, 0.29) is 0 Å². The van der Waals surface area contributed by atoms with Crippen molar-refractivity contribution in [3.63, 3.8) is 0 Å². The van der Waals surface area contributed by atoms with Crippen LogP contribution >= 0.6 is 0 Å². The number of nitrogens with zero attached hydrogens (tertiary/aromatic N) is 2. The molecule has 2 aromatic rings. The molecule has 0 saturated carbocycles. The summed E-state index contributed by atoms with van der Waals surface area (Å²) >= 11 is 0. The third kappa shape index (κ3) is 3.82. The third-order valence-electron chi connectivity index (χ3n) is 3.59. The van der Waals surface area contributed by atoms with E-state index in [9.17, 15) is 0 Å². The number of aromatic nitrogens is 2. The molecule has 0 atom stereocenters. The van der Waals surface area contributed by atoms with Gasteiger partial charge in [0.2, 0.25) is 0 Å². The second-order valence-corrected chi connectivity index (χ2v) is 5.12. The van der Waals surface area contributed by atoms with Crippen molar-refractivity contribution in [1.82, 2.24) is 9.97 Å². The molecular formula is C22H19N3. The van der Waals surface area contributed by atoms with Crippen LogP contribution in [0.1, 0.15) is 17.0 Å². The first-order chi connectivity index (χ1) is 12.2. The number of imidazole rings is 1. The highest BCUT2D eigenvalue weighted by atomic mass is 14.9. The molecule has 3 heteroatoms. The Morgan fingerprint density at radius 2 is 1.56 bits per heavy atom. The predicted octanol–water partition coefficient (Wildman–Crippen LogP) is 5.46. The van der Waals surface area contributed by atoms with Gasteiger partial charge in [-0.05, 0) is 29.8 Å². The number of allylic oxidation sites excluding steroid dienone is 8. The lowest BCUT2D eigenvalue weighted by Gasteiger charge is -2.03. The molecule has 1 aromatic heterocycles. The molecule has 0 aliphatic carbocycles. The fraction of sp³-hybridized carbons (Fsp3) is 0. The first kappa shape index (κ1) is 17.7. The molecular weight excluding hydrogens is 306 g/mol. The maximum absolute atomic E-state index is 8.95. The Labute approximate surface area is 148 Å². The van der Waals surface area contributed by atoms with Gasteiger partial charge in [0.15, 0.2) is 0 Å². The molecule has 0 amide bonds. The van der Waals surface area contributed by atoms with Gasteiger partial charge in [0.05, 0.1) is 23.0 Å². The quantitative estimate of drug-likeness (QED) is 0.687. The largest absolute Gasteiger partial charge is 0.337 e. The highest BCUT2D eigenvalue weighted by Gasteiger charge is 2.15. The summed E-state index contributed by atoms with van der Waals surface area (Å²) in [5, 5.41) is 8.95. The molecule has 0 aliphatic heterocycles. The molecule has 0 radical (unpaired) electrons. The topological polar surface area (TPSA) is 52.5 Å². The van der Waals surface area contributed by atoms with E-state index in [0.717, 1.165) is 28.1 Å². The van der Waals surface area contributed by atoms with Gasteiger partial charge in [-0.1, -0.05) is 62.8 Å². The first-order valence-electron chi connectivity index (χ1n) is 7.70. The Balaban J connectivity index is 2.68. The fourth-order valence-corrected chi connectivity index (χ4v) is 2.38. The van der Waals surface area contributed by atoms with Gasteiger partial charge in [0.25, 0.3) is 0 Å². The van der Waals surface area contributed by atoms with Crippen LogP contribution in [0.4, 0.5) is 0 Å². The maximum Gasteiger partial charge on any atom is 0.138 e. The van der Waals surface area contributed by atoms with Gasteiger partial charge < -0.3 is 4.98 Å². The summed E-state index contributed by atoms with van der Waals surface area (Å²) in [4.78, 5) is 8.07. The van der Waals surface area contributed by atoms with Crippen LogP contribution < -0.4 is 0 Å². The van der Waals surface area contributed by atoms with Crippen LogP contribution in [0.5, 0.6) is 0 Å². The van der Waals surface area contributed by atoms with E-state index in [1.165, 1.54) is 0 Å². The summed E-state index contributed by atoms with van der Waals surface area (Å²) in [7, 11) is 0. The summed E-state index contributed by atoms with van der Waals surface area (Å²) in [5.74, 6) is 0.697. The molecule has 122 valence electrons. The summed E-state index contributed by atoms with van der Waals surface area (Å²) in [6.45, 7) is 15.2. The maximum atomic E-state index is 8.95. The Morgan fingerprint density at radius 1 is 0.960 bits per heavy atom. The first-order valence-corrected chi connectivity index (χ1v) is 7.70. The van der Waals surface area contributed by atoms with Crippen LogP contribution in [-0.4, -0.2) is 9.97 Å². The minimum absolute atomic E-state index is 0.604. The van der Waals surface area contributed by atoms with E-state index < -0.39 is 0 Å². The van der Waals surface area contributed by atoms with Gasteiger partial charge >= 0.3 is 0 Å². The molecule has 1 aromatic carbocycles. The van der Waals surface area contributed by atoms with Crippen LogP contribution in [-0.2, 0) is 0 Å². The van der Waals surface area contributed by atoms with Crippen molar-refractivity contribution in [2.45, 2.75) is 0 Å². The van der Waals surface area contributed by atoms with Crippen LogP contribution in [0.2, 0.25) is 0 Å². The summed E-state index contributed by atoms with van der Waals surface area (Å²) in [6.07, 6.45) is 10.6. The number of benzene rings is 1. The SMILES string of the molecule is C=C/C=C(\C=C)c1nc(-c2ccc(C#N)cc2)[nH]c1/C(C=C)=C/C=C. The molecule has 1 N–H and O–H groups in total. The van der Waals surface area contributed by atoms with Crippen LogP contribution in [0.3, 0.4) is 0 Å². The van der Waals surface area contributed by atoms with Crippen molar-refractivity contribution in [3.05, 3.63) is 104 Å². The predicted molar refractivity (Wildman–Crippen MR) is 105 cm³/mol. The van der Waals surface area contributed by atoms with Gasteiger partial charge in [-0.3, -0.25) is 0 Å². The summed E-state index contributed by atoms with van der Waals surface area (Å²) in [5.41, 5.74) is 4.78. The van der Waals surface area contributed by atoms with Gasteiger partial charge in [0.1, 0.15) is 5.82 Å².